The summed E-state index contributed by atoms with van der Waals surface area (Å²) in [5.74, 6) is -9.19. The maximum absolute atomic E-state index is 13.8. The molecular weight excluding hydrogens is 363 g/mol. The molecule has 0 aliphatic heterocycles. The Morgan fingerprint density at radius 2 is 1.60 bits per heavy atom. The SMILES string of the molecule is O=C(c1ccc(-c2ccc(F)cc2F)s1)c1cc(F)c(F)c(O)c1F. The van der Waals surface area contributed by atoms with E-state index in [0.717, 1.165) is 17.4 Å². The van der Waals surface area contributed by atoms with Crippen molar-refractivity contribution in [3.8, 4) is 16.2 Å². The van der Waals surface area contributed by atoms with Crippen molar-refractivity contribution in [3.63, 3.8) is 0 Å². The van der Waals surface area contributed by atoms with Crippen molar-refractivity contribution in [2.24, 2.45) is 0 Å². The summed E-state index contributed by atoms with van der Waals surface area (Å²) in [5.41, 5.74) is -0.830. The molecule has 0 radical (unpaired) electrons. The number of carbonyl (C=O) groups excluding carboxylic acids is 1. The number of rotatable bonds is 3. The molecule has 0 fully saturated rings. The molecular formula is C17H7F5O2S. The summed E-state index contributed by atoms with van der Waals surface area (Å²) in [4.78, 5) is 12.4. The molecule has 0 saturated carbocycles. The average Bonchev–Trinajstić information content (AvgIpc) is 3.05. The van der Waals surface area contributed by atoms with Crippen LogP contribution in [0.3, 0.4) is 0 Å². The zero-order valence-electron chi connectivity index (χ0n) is 12.1. The highest BCUT2D eigenvalue weighted by Gasteiger charge is 2.24. The van der Waals surface area contributed by atoms with Crippen LogP contribution in [0.4, 0.5) is 22.0 Å². The van der Waals surface area contributed by atoms with E-state index < -0.39 is 46.2 Å². The Labute approximate surface area is 141 Å². The van der Waals surface area contributed by atoms with Gasteiger partial charge in [-0.3, -0.25) is 4.79 Å². The number of phenols is 1. The third-order valence-electron chi connectivity index (χ3n) is 3.40. The zero-order valence-corrected chi connectivity index (χ0v) is 12.9. The fourth-order valence-electron chi connectivity index (χ4n) is 2.18. The second-order valence-corrected chi connectivity index (χ2v) is 6.08. The van der Waals surface area contributed by atoms with Crippen molar-refractivity contribution in [1.29, 1.82) is 0 Å². The van der Waals surface area contributed by atoms with E-state index in [1.54, 1.807) is 0 Å². The fraction of sp³-hybridized carbons (Fsp3) is 0. The molecule has 0 spiro atoms. The molecule has 1 N–H and O–H groups in total. The highest BCUT2D eigenvalue weighted by atomic mass is 32.1. The van der Waals surface area contributed by atoms with Gasteiger partial charge in [0.25, 0.3) is 0 Å². The third kappa shape index (κ3) is 3.00. The van der Waals surface area contributed by atoms with Crippen LogP contribution in [0.15, 0.2) is 36.4 Å². The van der Waals surface area contributed by atoms with Gasteiger partial charge in [0.05, 0.1) is 10.4 Å². The number of thiophene rings is 1. The van der Waals surface area contributed by atoms with Gasteiger partial charge in [-0.05, 0) is 30.3 Å². The summed E-state index contributed by atoms with van der Waals surface area (Å²) < 4.78 is 67.0. The van der Waals surface area contributed by atoms with Crippen molar-refractivity contribution in [2.45, 2.75) is 0 Å². The molecule has 3 rings (SSSR count). The molecule has 0 saturated heterocycles. The second-order valence-electron chi connectivity index (χ2n) is 5.00. The van der Waals surface area contributed by atoms with Crippen molar-refractivity contribution < 1.29 is 31.9 Å². The lowest BCUT2D eigenvalue weighted by atomic mass is 10.1. The number of carbonyl (C=O) groups is 1. The minimum atomic E-state index is -1.80. The molecule has 0 amide bonds. The first-order valence-electron chi connectivity index (χ1n) is 6.76. The maximum atomic E-state index is 13.8. The quantitative estimate of drug-likeness (QED) is 0.398. The van der Waals surface area contributed by atoms with E-state index in [4.69, 9.17) is 0 Å². The summed E-state index contributed by atoms with van der Waals surface area (Å²) >= 11 is 0.757. The van der Waals surface area contributed by atoms with Crippen LogP contribution in [0.5, 0.6) is 5.75 Å². The Bertz CT molecular complexity index is 997. The van der Waals surface area contributed by atoms with Crippen molar-refractivity contribution in [2.75, 3.05) is 0 Å². The summed E-state index contributed by atoms with van der Waals surface area (Å²) in [7, 11) is 0. The van der Waals surface area contributed by atoms with E-state index in [1.165, 1.54) is 18.2 Å². The molecule has 3 aromatic rings. The smallest absolute Gasteiger partial charge is 0.206 e. The van der Waals surface area contributed by atoms with Crippen LogP contribution in [0.2, 0.25) is 0 Å². The predicted molar refractivity (Wildman–Crippen MR) is 81.1 cm³/mol. The molecule has 1 aromatic heterocycles. The summed E-state index contributed by atoms with van der Waals surface area (Å²) in [6.07, 6.45) is 0. The van der Waals surface area contributed by atoms with Gasteiger partial charge >= 0.3 is 0 Å². The molecule has 2 nitrogen and oxygen atoms in total. The summed E-state index contributed by atoms with van der Waals surface area (Å²) in [6, 6.07) is 5.81. The van der Waals surface area contributed by atoms with E-state index in [9.17, 15) is 31.9 Å². The summed E-state index contributed by atoms with van der Waals surface area (Å²) in [6.45, 7) is 0. The van der Waals surface area contributed by atoms with Crippen LogP contribution in [0.25, 0.3) is 10.4 Å². The molecule has 0 aliphatic rings. The summed E-state index contributed by atoms with van der Waals surface area (Å²) in [5, 5.41) is 9.19. The van der Waals surface area contributed by atoms with Crippen molar-refractivity contribution >= 4 is 17.1 Å². The first kappa shape index (κ1) is 17.1. The van der Waals surface area contributed by atoms with Crippen molar-refractivity contribution in [3.05, 3.63) is 75.9 Å². The molecule has 0 unspecified atom stereocenters. The van der Waals surface area contributed by atoms with Gasteiger partial charge in [-0.25, -0.2) is 17.6 Å². The molecule has 8 heteroatoms. The van der Waals surface area contributed by atoms with E-state index in [-0.39, 0.29) is 15.3 Å². The van der Waals surface area contributed by atoms with Gasteiger partial charge in [0, 0.05) is 16.5 Å². The van der Waals surface area contributed by atoms with E-state index in [2.05, 4.69) is 0 Å². The molecule has 0 atom stereocenters. The number of benzene rings is 2. The first-order valence-corrected chi connectivity index (χ1v) is 7.57. The number of hydrogen-bond acceptors (Lipinski definition) is 3. The Kier molecular flexibility index (Phi) is 4.30. The number of halogens is 5. The number of ketones is 1. The maximum Gasteiger partial charge on any atom is 0.206 e. The standard InChI is InChI=1S/C17H7F5O2S/c18-7-1-2-8(10(19)5-7)12-3-4-13(25-12)16(23)9-6-11(20)15(22)17(24)14(9)21/h1-6,24H. The Hall–Kier alpha value is -2.74. The van der Waals surface area contributed by atoms with Crippen LogP contribution in [-0.2, 0) is 0 Å². The van der Waals surface area contributed by atoms with Crippen LogP contribution < -0.4 is 0 Å². The van der Waals surface area contributed by atoms with Crippen LogP contribution in [-0.4, -0.2) is 10.9 Å². The predicted octanol–water partition coefficient (Wildman–Crippen LogP) is 5.05. The van der Waals surface area contributed by atoms with Gasteiger partial charge < -0.3 is 5.11 Å². The Balaban J connectivity index is 2.02. The van der Waals surface area contributed by atoms with Crippen LogP contribution >= 0.6 is 11.3 Å². The number of aromatic hydroxyl groups is 1. The van der Waals surface area contributed by atoms with E-state index in [0.29, 0.717) is 12.1 Å². The van der Waals surface area contributed by atoms with Gasteiger partial charge in [-0.1, -0.05) is 0 Å². The monoisotopic (exact) mass is 370 g/mol. The molecule has 1 heterocycles. The van der Waals surface area contributed by atoms with Crippen LogP contribution in [0, 0.1) is 29.1 Å². The molecule has 0 bridgehead atoms. The molecule has 128 valence electrons. The average molecular weight is 370 g/mol. The normalized spacial score (nSPS) is 10.9. The third-order valence-corrected chi connectivity index (χ3v) is 4.52. The van der Waals surface area contributed by atoms with Gasteiger partial charge in [-0.15, -0.1) is 11.3 Å². The van der Waals surface area contributed by atoms with E-state index in [1.807, 2.05) is 0 Å². The number of hydrogen-bond donors (Lipinski definition) is 1. The lowest BCUT2D eigenvalue weighted by molar-refractivity contribution is 0.103. The Morgan fingerprint density at radius 3 is 2.28 bits per heavy atom. The lowest BCUT2D eigenvalue weighted by Crippen LogP contribution is -2.05. The minimum Gasteiger partial charge on any atom is -0.503 e. The lowest BCUT2D eigenvalue weighted by Gasteiger charge is -2.05. The zero-order chi connectivity index (χ0) is 18.3. The topological polar surface area (TPSA) is 37.3 Å². The highest BCUT2D eigenvalue weighted by Crippen LogP contribution is 2.33. The van der Waals surface area contributed by atoms with Gasteiger partial charge in [0.15, 0.2) is 17.4 Å². The molecule has 2 aromatic carbocycles. The van der Waals surface area contributed by atoms with E-state index >= 15 is 0 Å². The molecule has 25 heavy (non-hydrogen) atoms. The second kappa shape index (κ2) is 6.29. The Morgan fingerprint density at radius 1 is 0.880 bits per heavy atom. The molecule has 0 aliphatic carbocycles. The van der Waals surface area contributed by atoms with Crippen molar-refractivity contribution in [1.82, 2.24) is 0 Å². The first-order chi connectivity index (χ1) is 11.8. The van der Waals surface area contributed by atoms with Gasteiger partial charge in [-0.2, -0.15) is 4.39 Å². The van der Waals surface area contributed by atoms with Gasteiger partial charge in [0.1, 0.15) is 11.6 Å². The minimum absolute atomic E-state index is 0.0269. The highest BCUT2D eigenvalue weighted by molar-refractivity contribution is 7.17. The number of phenolic OH excluding ortho intramolecular Hbond substituents is 1. The largest absolute Gasteiger partial charge is 0.503 e. The van der Waals surface area contributed by atoms with Crippen LogP contribution in [0.1, 0.15) is 15.2 Å². The van der Waals surface area contributed by atoms with Gasteiger partial charge in [0.2, 0.25) is 11.6 Å². The fourth-order valence-corrected chi connectivity index (χ4v) is 3.17.